The number of unbranched alkanes of at least 4 members (excludes halogenated alkanes) is 4. The van der Waals surface area contributed by atoms with Gasteiger partial charge in [0.15, 0.2) is 0 Å². The van der Waals surface area contributed by atoms with E-state index in [4.69, 9.17) is 0 Å². The molecule has 0 amide bonds. The molecule has 0 N–H and O–H groups in total. The third-order valence-corrected chi connectivity index (χ3v) is 5.21. The fourth-order valence-electron chi connectivity index (χ4n) is 3.62. The van der Waals surface area contributed by atoms with Gasteiger partial charge in [0.05, 0.1) is 23.8 Å². The summed E-state index contributed by atoms with van der Waals surface area (Å²) in [6, 6.07) is 7.83. The molecule has 1 aromatic carbocycles. The maximum absolute atomic E-state index is 14.3. The second-order valence-electron chi connectivity index (χ2n) is 7.43. The molecule has 3 rings (SSSR count). The van der Waals surface area contributed by atoms with Gasteiger partial charge in [-0.25, -0.2) is 9.78 Å². The van der Waals surface area contributed by atoms with Crippen LogP contribution in [0, 0.1) is 5.82 Å². The third kappa shape index (κ3) is 4.66. The lowest BCUT2D eigenvalue weighted by atomic mass is 10.2. The Morgan fingerprint density at radius 3 is 2.28 bits per heavy atom. The van der Waals surface area contributed by atoms with E-state index in [2.05, 4.69) is 16.5 Å². The number of benzene rings is 1. The van der Waals surface area contributed by atoms with Gasteiger partial charge >= 0.3 is 5.69 Å². The standard InChI is InChI=1S/C22H29FN4O2/c1-3-5-9-13-26-19-12-8-7-11-18(19)24-20(26)16-25-15-17(23)21(28)27(22(25)29)14-10-6-4-2/h7-8,11-12,15H,3-6,9-10,13-14,16H2,1-2H3. The van der Waals surface area contributed by atoms with Crippen LogP contribution in [-0.4, -0.2) is 18.7 Å². The summed E-state index contributed by atoms with van der Waals surface area (Å²) < 4.78 is 18.6. The van der Waals surface area contributed by atoms with Crippen molar-refractivity contribution in [3.63, 3.8) is 0 Å². The van der Waals surface area contributed by atoms with Crippen molar-refractivity contribution in [2.45, 2.75) is 72.0 Å². The number of para-hydroxylation sites is 2. The fourth-order valence-corrected chi connectivity index (χ4v) is 3.62. The Kier molecular flexibility index (Phi) is 7.01. The SMILES string of the molecule is CCCCCn1c(=O)c(F)cn(Cc2nc3ccccc3n2CCCCC)c1=O. The van der Waals surface area contributed by atoms with E-state index in [0.29, 0.717) is 12.2 Å². The third-order valence-electron chi connectivity index (χ3n) is 5.21. The van der Waals surface area contributed by atoms with Crippen LogP contribution in [0.15, 0.2) is 40.1 Å². The Morgan fingerprint density at radius 2 is 1.59 bits per heavy atom. The number of rotatable bonds is 10. The Labute approximate surface area is 169 Å². The van der Waals surface area contributed by atoms with Crippen molar-refractivity contribution < 1.29 is 4.39 Å². The van der Waals surface area contributed by atoms with Crippen molar-refractivity contribution in [3.8, 4) is 0 Å². The summed E-state index contributed by atoms with van der Waals surface area (Å²) in [5.74, 6) is -0.211. The molecule has 0 atom stereocenters. The highest BCUT2D eigenvalue weighted by Crippen LogP contribution is 2.18. The molecule has 6 nitrogen and oxygen atoms in total. The van der Waals surface area contributed by atoms with Gasteiger partial charge in [0.25, 0.3) is 5.56 Å². The molecule has 2 heterocycles. The average molecular weight is 400 g/mol. The number of nitrogens with zero attached hydrogens (tertiary/aromatic N) is 4. The number of aryl methyl sites for hydroxylation is 1. The highest BCUT2D eigenvalue weighted by atomic mass is 19.1. The zero-order valence-corrected chi connectivity index (χ0v) is 17.2. The van der Waals surface area contributed by atoms with Gasteiger partial charge < -0.3 is 4.57 Å². The lowest BCUT2D eigenvalue weighted by Crippen LogP contribution is -2.41. The van der Waals surface area contributed by atoms with E-state index in [0.717, 1.165) is 60.4 Å². The molecule has 0 radical (unpaired) electrons. The number of hydrogen-bond donors (Lipinski definition) is 0. The molecule has 7 heteroatoms. The summed E-state index contributed by atoms with van der Waals surface area (Å²) >= 11 is 0. The quantitative estimate of drug-likeness (QED) is 0.485. The Morgan fingerprint density at radius 1 is 0.931 bits per heavy atom. The number of aromatic nitrogens is 4. The van der Waals surface area contributed by atoms with E-state index in [9.17, 15) is 14.0 Å². The normalized spacial score (nSPS) is 11.4. The van der Waals surface area contributed by atoms with Crippen molar-refractivity contribution in [3.05, 3.63) is 62.9 Å². The number of hydrogen-bond acceptors (Lipinski definition) is 3. The summed E-state index contributed by atoms with van der Waals surface area (Å²) in [7, 11) is 0. The highest BCUT2D eigenvalue weighted by molar-refractivity contribution is 5.75. The van der Waals surface area contributed by atoms with Gasteiger partial charge in [0.1, 0.15) is 5.82 Å². The van der Waals surface area contributed by atoms with Crippen molar-refractivity contribution >= 4 is 11.0 Å². The molecule has 0 fully saturated rings. The molecule has 29 heavy (non-hydrogen) atoms. The Hall–Kier alpha value is -2.70. The van der Waals surface area contributed by atoms with Crippen LogP contribution in [0.1, 0.15) is 58.2 Å². The van der Waals surface area contributed by atoms with E-state index in [1.54, 1.807) is 0 Å². The summed E-state index contributed by atoms with van der Waals surface area (Å²) in [5.41, 5.74) is 0.519. The van der Waals surface area contributed by atoms with Crippen LogP contribution >= 0.6 is 0 Å². The first kappa shape index (κ1) is 21.0. The zero-order chi connectivity index (χ0) is 20.8. The van der Waals surface area contributed by atoms with Crippen LogP contribution in [0.25, 0.3) is 11.0 Å². The van der Waals surface area contributed by atoms with Gasteiger partial charge in [-0.15, -0.1) is 0 Å². The van der Waals surface area contributed by atoms with Gasteiger partial charge in [0.2, 0.25) is 5.82 Å². The van der Waals surface area contributed by atoms with Gasteiger partial charge in [-0.1, -0.05) is 51.7 Å². The summed E-state index contributed by atoms with van der Waals surface area (Å²) in [6.07, 6.45) is 6.73. The molecule has 3 aromatic rings. The maximum atomic E-state index is 14.3. The Balaban J connectivity index is 1.99. The molecule has 0 aliphatic carbocycles. The molecule has 0 spiro atoms. The van der Waals surface area contributed by atoms with Gasteiger partial charge in [-0.3, -0.25) is 13.9 Å². The summed E-state index contributed by atoms with van der Waals surface area (Å²) in [5, 5.41) is 0. The van der Waals surface area contributed by atoms with Gasteiger partial charge in [-0.05, 0) is 25.0 Å². The molecule has 0 bridgehead atoms. The Bertz CT molecular complexity index is 1080. The number of imidazole rings is 1. The van der Waals surface area contributed by atoms with Crippen LogP contribution in [0.5, 0.6) is 0 Å². The molecule has 2 aromatic heterocycles. The van der Waals surface area contributed by atoms with Crippen LogP contribution in [0.4, 0.5) is 4.39 Å². The molecule has 0 saturated heterocycles. The van der Waals surface area contributed by atoms with Crippen LogP contribution in [-0.2, 0) is 19.6 Å². The minimum Gasteiger partial charge on any atom is -0.326 e. The average Bonchev–Trinajstić information content (AvgIpc) is 3.06. The predicted octanol–water partition coefficient (Wildman–Crippen LogP) is 3.93. The van der Waals surface area contributed by atoms with E-state index in [1.807, 2.05) is 31.2 Å². The first-order valence-corrected chi connectivity index (χ1v) is 10.5. The minimum absolute atomic E-state index is 0.130. The van der Waals surface area contributed by atoms with Gasteiger partial charge in [-0.2, -0.15) is 4.39 Å². The van der Waals surface area contributed by atoms with Crippen LogP contribution < -0.4 is 11.2 Å². The van der Waals surface area contributed by atoms with Crippen molar-refractivity contribution in [2.75, 3.05) is 0 Å². The zero-order valence-electron chi connectivity index (χ0n) is 17.2. The molecule has 0 aliphatic rings. The van der Waals surface area contributed by atoms with Crippen molar-refractivity contribution in [1.29, 1.82) is 0 Å². The second-order valence-corrected chi connectivity index (χ2v) is 7.43. The van der Waals surface area contributed by atoms with E-state index in [1.165, 1.54) is 4.57 Å². The number of halogens is 1. The lowest BCUT2D eigenvalue weighted by molar-refractivity contribution is 0.475. The van der Waals surface area contributed by atoms with Gasteiger partial charge in [0, 0.05) is 13.1 Å². The molecule has 0 saturated carbocycles. The topological polar surface area (TPSA) is 61.8 Å². The van der Waals surface area contributed by atoms with E-state index in [-0.39, 0.29) is 13.1 Å². The minimum atomic E-state index is -0.908. The molecular formula is C22H29FN4O2. The van der Waals surface area contributed by atoms with Crippen molar-refractivity contribution in [2.24, 2.45) is 0 Å². The predicted molar refractivity (Wildman–Crippen MR) is 113 cm³/mol. The lowest BCUT2D eigenvalue weighted by Gasteiger charge is -2.12. The first-order valence-electron chi connectivity index (χ1n) is 10.5. The van der Waals surface area contributed by atoms with Crippen LogP contribution in [0.2, 0.25) is 0 Å². The monoisotopic (exact) mass is 400 g/mol. The highest BCUT2D eigenvalue weighted by Gasteiger charge is 2.15. The number of fused-ring (bicyclic) bond motifs is 1. The molecule has 0 aliphatic heterocycles. The summed E-state index contributed by atoms with van der Waals surface area (Å²) in [4.78, 5) is 29.7. The summed E-state index contributed by atoms with van der Waals surface area (Å²) in [6.45, 7) is 5.34. The second kappa shape index (κ2) is 9.67. The molecule has 0 unspecified atom stereocenters. The van der Waals surface area contributed by atoms with Crippen LogP contribution in [0.3, 0.4) is 0 Å². The molecular weight excluding hydrogens is 371 g/mol. The van der Waals surface area contributed by atoms with E-state index >= 15 is 0 Å². The largest absolute Gasteiger partial charge is 0.331 e. The van der Waals surface area contributed by atoms with E-state index < -0.39 is 17.1 Å². The first-order chi connectivity index (χ1) is 14.1. The van der Waals surface area contributed by atoms with Crippen molar-refractivity contribution in [1.82, 2.24) is 18.7 Å². The maximum Gasteiger partial charge on any atom is 0.331 e. The fraction of sp³-hybridized carbons (Fsp3) is 0.500. The molecule has 156 valence electrons. The smallest absolute Gasteiger partial charge is 0.326 e.